The van der Waals surface area contributed by atoms with Gasteiger partial charge in [-0.25, -0.2) is 0 Å². The van der Waals surface area contributed by atoms with E-state index in [1.807, 2.05) is 6.92 Å². The molecule has 90 valence electrons. The maximum absolute atomic E-state index is 11.6. The van der Waals surface area contributed by atoms with Crippen LogP contribution < -0.4 is 5.32 Å². The van der Waals surface area contributed by atoms with Gasteiger partial charge in [0.25, 0.3) is 0 Å². The van der Waals surface area contributed by atoms with Gasteiger partial charge in [-0.3, -0.25) is 10.1 Å². The van der Waals surface area contributed by atoms with E-state index in [0.29, 0.717) is 11.0 Å². The molecule has 0 radical (unpaired) electrons. The van der Waals surface area contributed by atoms with Crippen molar-refractivity contribution in [3.8, 4) is 0 Å². The Balaban J connectivity index is 2.55. The van der Waals surface area contributed by atoms with Crippen molar-refractivity contribution in [3.63, 3.8) is 0 Å². The number of alkyl halides is 1. The Kier molecular flexibility index (Phi) is 5.34. The third kappa shape index (κ3) is 4.17. The normalized spacial score (nSPS) is 12.8. The summed E-state index contributed by atoms with van der Waals surface area (Å²) in [5.41, 5.74) is 0. The number of hydrogen-bond donors (Lipinski definition) is 1. The Hall–Kier alpha value is -0.490. The maximum Gasteiger partial charge on any atom is 0.239 e. The molecule has 0 aliphatic carbocycles. The molecule has 0 saturated heterocycles. The van der Waals surface area contributed by atoms with Crippen molar-refractivity contribution in [2.75, 3.05) is 5.32 Å². The SMILES string of the molecule is CC[C@@H](Br)C(=O)Nc1nnc(CC(C)C)s1. The van der Waals surface area contributed by atoms with E-state index in [1.165, 1.54) is 11.3 Å². The average molecular weight is 306 g/mol. The molecule has 6 heteroatoms. The number of hydrogen-bond acceptors (Lipinski definition) is 4. The largest absolute Gasteiger partial charge is 0.300 e. The highest BCUT2D eigenvalue weighted by atomic mass is 79.9. The van der Waals surface area contributed by atoms with Crippen LogP contribution in [-0.4, -0.2) is 20.9 Å². The number of halogens is 1. The summed E-state index contributed by atoms with van der Waals surface area (Å²) in [6, 6.07) is 0. The fraction of sp³-hybridized carbons (Fsp3) is 0.700. The van der Waals surface area contributed by atoms with Crippen molar-refractivity contribution in [3.05, 3.63) is 5.01 Å². The summed E-state index contributed by atoms with van der Waals surface area (Å²) in [6.45, 7) is 6.21. The Labute approximate surface area is 108 Å². The Morgan fingerprint density at radius 2 is 2.19 bits per heavy atom. The topological polar surface area (TPSA) is 54.9 Å². The van der Waals surface area contributed by atoms with E-state index < -0.39 is 0 Å². The number of rotatable bonds is 5. The van der Waals surface area contributed by atoms with Gasteiger partial charge in [-0.1, -0.05) is 48.0 Å². The van der Waals surface area contributed by atoms with Crippen LogP contribution in [0.15, 0.2) is 0 Å². The molecular formula is C10H16BrN3OS. The number of anilines is 1. The van der Waals surface area contributed by atoms with E-state index in [1.54, 1.807) is 0 Å². The van der Waals surface area contributed by atoms with Gasteiger partial charge in [-0.05, 0) is 12.3 Å². The molecule has 1 aromatic heterocycles. The van der Waals surface area contributed by atoms with E-state index in [-0.39, 0.29) is 10.7 Å². The molecule has 0 aliphatic heterocycles. The van der Waals surface area contributed by atoms with Gasteiger partial charge in [0.15, 0.2) is 0 Å². The zero-order chi connectivity index (χ0) is 12.1. The zero-order valence-electron chi connectivity index (χ0n) is 9.66. The summed E-state index contributed by atoms with van der Waals surface area (Å²) in [6.07, 6.45) is 1.66. The second kappa shape index (κ2) is 6.30. The predicted octanol–water partition coefficient (Wildman–Crippen LogP) is 2.85. The van der Waals surface area contributed by atoms with Crippen LogP contribution in [0.4, 0.5) is 5.13 Å². The summed E-state index contributed by atoms with van der Waals surface area (Å²) in [5, 5.41) is 12.3. The first-order chi connectivity index (χ1) is 7.52. The predicted molar refractivity (Wildman–Crippen MR) is 70.1 cm³/mol. The number of amides is 1. The van der Waals surface area contributed by atoms with Crippen LogP contribution in [0.3, 0.4) is 0 Å². The quantitative estimate of drug-likeness (QED) is 0.851. The third-order valence-electron chi connectivity index (χ3n) is 1.92. The van der Waals surface area contributed by atoms with E-state index in [0.717, 1.165) is 17.8 Å². The molecule has 1 atom stereocenters. The van der Waals surface area contributed by atoms with Gasteiger partial charge in [-0.15, -0.1) is 10.2 Å². The number of carbonyl (C=O) groups is 1. The van der Waals surface area contributed by atoms with Crippen LogP contribution >= 0.6 is 27.3 Å². The smallest absolute Gasteiger partial charge is 0.239 e. The monoisotopic (exact) mass is 305 g/mol. The van der Waals surface area contributed by atoms with Crippen molar-refractivity contribution in [2.24, 2.45) is 5.92 Å². The van der Waals surface area contributed by atoms with Crippen molar-refractivity contribution < 1.29 is 4.79 Å². The molecule has 1 heterocycles. The molecule has 1 amide bonds. The van der Waals surface area contributed by atoms with Crippen LogP contribution in [0, 0.1) is 5.92 Å². The fourth-order valence-electron chi connectivity index (χ4n) is 1.10. The van der Waals surface area contributed by atoms with Gasteiger partial charge in [0.2, 0.25) is 11.0 Å². The molecule has 4 nitrogen and oxygen atoms in total. The molecule has 0 aromatic carbocycles. The van der Waals surface area contributed by atoms with Gasteiger partial charge in [0.05, 0.1) is 4.83 Å². The zero-order valence-corrected chi connectivity index (χ0v) is 12.1. The molecule has 0 bridgehead atoms. The Morgan fingerprint density at radius 1 is 1.50 bits per heavy atom. The lowest BCUT2D eigenvalue weighted by molar-refractivity contribution is -0.115. The molecule has 16 heavy (non-hydrogen) atoms. The van der Waals surface area contributed by atoms with Gasteiger partial charge in [-0.2, -0.15) is 0 Å². The van der Waals surface area contributed by atoms with E-state index >= 15 is 0 Å². The fourth-order valence-corrected chi connectivity index (χ4v) is 2.17. The summed E-state index contributed by atoms with van der Waals surface area (Å²) in [7, 11) is 0. The number of aromatic nitrogens is 2. The van der Waals surface area contributed by atoms with Crippen LogP contribution in [0.1, 0.15) is 32.2 Å². The second-order valence-corrected chi connectivity index (χ2v) is 6.13. The first-order valence-corrected chi connectivity index (χ1v) is 7.03. The van der Waals surface area contributed by atoms with E-state index in [9.17, 15) is 4.79 Å². The first-order valence-electron chi connectivity index (χ1n) is 5.30. The molecule has 0 spiro atoms. The molecule has 0 unspecified atom stereocenters. The minimum Gasteiger partial charge on any atom is -0.300 e. The highest BCUT2D eigenvalue weighted by molar-refractivity contribution is 9.10. The summed E-state index contributed by atoms with van der Waals surface area (Å²) < 4.78 is 0. The minimum atomic E-state index is -0.162. The average Bonchev–Trinajstić information content (AvgIpc) is 2.63. The first kappa shape index (κ1) is 13.6. The van der Waals surface area contributed by atoms with Crippen LogP contribution in [-0.2, 0) is 11.2 Å². The lowest BCUT2D eigenvalue weighted by atomic mass is 10.1. The number of nitrogens with zero attached hydrogens (tertiary/aromatic N) is 2. The summed E-state index contributed by atoms with van der Waals surface area (Å²) in [4.78, 5) is 11.4. The Bertz CT molecular complexity index is 354. The lowest BCUT2D eigenvalue weighted by Gasteiger charge is -2.04. The molecule has 1 rings (SSSR count). The van der Waals surface area contributed by atoms with Crippen molar-refractivity contribution in [1.82, 2.24) is 10.2 Å². The van der Waals surface area contributed by atoms with Crippen molar-refractivity contribution in [1.29, 1.82) is 0 Å². The molecule has 0 fully saturated rings. The highest BCUT2D eigenvalue weighted by Gasteiger charge is 2.14. The van der Waals surface area contributed by atoms with Gasteiger partial charge in [0, 0.05) is 6.42 Å². The lowest BCUT2D eigenvalue weighted by Crippen LogP contribution is -2.21. The molecule has 0 saturated carbocycles. The van der Waals surface area contributed by atoms with E-state index in [4.69, 9.17) is 0 Å². The van der Waals surface area contributed by atoms with Crippen molar-refractivity contribution >= 4 is 38.3 Å². The maximum atomic E-state index is 11.6. The van der Waals surface area contributed by atoms with Crippen LogP contribution in [0.2, 0.25) is 0 Å². The summed E-state index contributed by atoms with van der Waals surface area (Å²) in [5.74, 6) is 0.491. The summed E-state index contributed by atoms with van der Waals surface area (Å²) >= 11 is 4.73. The van der Waals surface area contributed by atoms with Gasteiger partial charge < -0.3 is 0 Å². The molecule has 1 N–H and O–H groups in total. The number of nitrogens with one attached hydrogen (secondary N) is 1. The minimum absolute atomic E-state index is 0.0604. The second-order valence-electron chi connectivity index (χ2n) is 3.96. The standard InChI is InChI=1S/C10H16BrN3OS/c1-4-7(11)9(15)12-10-14-13-8(16-10)5-6(2)3/h6-7H,4-5H2,1-3H3,(H,12,14,15)/t7-/m1/s1. The van der Waals surface area contributed by atoms with Crippen LogP contribution in [0.25, 0.3) is 0 Å². The highest BCUT2D eigenvalue weighted by Crippen LogP contribution is 2.19. The van der Waals surface area contributed by atoms with Gasteiger partial charge in [0.1, 0.15) is 5.01 Å². The van der Waals surface area contributed by atoms with Crippen molar-refractivity contribution in [2.45, 2.75) is 38.4 Å². The number of carbonyl (C=O) groups excluding carboxylic acids is 1. The third-order valence-corrected chi connectivity index (χ3v) is 3.85. The van der Waals surface area contributed by atoms with E-state index in [2.05, 4.69) is 45.3 Å². The molecular weight excluding hydrogens is 290 g/mol. The Morgan fingerprint density at radius 3 is 2.75 bits per heavy atom. The molecule has 0 aliphatic rings. The molecule has 1 aromatic rings. The van der Waals surface area contributed by atoms with Gasteiger partial charge >= 0.3 is 0 Å². The van der Waals surface area contributed by atoms with Crippen LogP contribution in [0.5, 0.6) is 0 Å².